The number of hydrogen-bond acceptors (Lipinski definition) is 3. The van der Waals surface area contributed by atoms with Gasteiger partial charge in [-0.1, -0.05) is 18.2 Å². The van der Waals surface area contributed by atoms with E-state index in [1.54, 1.807) is 0 Å². The first kappa shape index (κ1) is 16.3. The normalized spacial score (nSPS) is 13.8. The van der Waals surface area contributed by atoms with Crippen molar-refractivity contribution >= 4 is 11.7 Å². The zero-order chi connectivity index (χ0) is 16.9. The van der Waals surface area contributed by atoms with Crippen LogP contribution in [0.15, 0.2) is 42.5 Å². The number of aliphatic hydroxyl groups excluding tert-OH is 1. The molecule has 0 aliphatic carbocycles. The standard InChI is InChI=1S/C19H22N2O3/c1-13(7-9-22)20-19(23)21-17-4-2-3-14(12-17)15-5-6-18-16(11-15)8-10-24-18/h2-6,11-13,22H,7-10H2,1H3,(H2,20,21,23)/t13-/m1/s1. The second-order valence-corrected chi connectivity index (χ2v) is 6.01. The Morgan fingerprint density at radius 2 is 2.08 bits per heavy atom. The van der Waals surface area contributed by atoms with Crippen molar-refractivity contribution in [1.29, 1.82) is 0 Å². The number of urea groups is 1. The molecule has 1 atom stereocenters. The summed E-state index contributed by atoms with van der Waals surface area (Å²) in [7, 11) is 0. The van der Waals surface area contributed by atoms with Gasteiger partial charge in [0.2, 0.25) is 0 Å². The van der Waals surface area contributed by atoms with Gasteiger partial charge in [-0.25, -0.2) is 4.79 Å². The van der Waals surface area contributed by atoms with Gasteiger partial charge in [0.25, 0.3) is 0 Å². The summed E-state index contributed by atoms with van der Waals surface area (Å²) in [6, 6.07) is 13.6. The quantitative estimate of drug-likeness (QED) is 0.790. The van der Waals surface area contributed by atoms with Crippen molar-refractivity contribution in [3.63, 3.8) is 0 Å². The Labute approximate surface area is 141 Å². The number of hydrogen-bond donors (Lipinski definition) is 3. The molecule has 0 unspecified atom stereocenters. The molecule has 2 aromatic carbocycles. The second-order valence-electron chi connectivity index (χ2n) is 6.01. The maximum atomic E-state index is 12.0. The molecule has 126 valence electrons. The molecule has 1 aliphatic heterocycles. The van der Waals surface area contributed by atoms with E-state index in [4.69, 9.17) is 9.84 Å². The SMILES string of the molecule is C[C@H](CCO)NC(=O)Nc1cccc(-c2ccc3c(c2)CCO3)c1. The first-order valence-corrected chi connectivity index (χ1v) is 8.20. The Balaban J connectivity index is 1.71. The molecule has 24 heavy (non-hydrogen) atoms. The summed E-state index contributed by atoms with van der Waals surface area (Å²) in [6.45, 7) is 2.66. The number of nitrogens with one attached hydrogen (secondary N) is 2. The summed E-state index contributed by atoms with van der Waals surface area (Å²) in [4.78, 5) is 12.0. The Hall–Kier alpha value is -2.53. The lowest BCUT2D eigenvalue weighted by Gasteiger charge is -2.14. The van der Waals surface area contributed by atoms with Crippen molar-refractivity contribution in [3.8, 4) is 16.9 Å². The molecule has 0 saturated heterocycles. The number of amides is 2. The predicted octanol–water partition coefficient (Wildman–Crippen LogP) is 3.18. The number of rotatable bonds is 5. The molecule has 0 radical (unpaired) electrons. The van der Waals surface area contributed by atoms with Crippen molar-refractivity contribution in [2.24, 2.45) is 0 Å². The average molecular weight is 326 g/mol. The summed E-state index contributed by atoms with van der Waals surface area (Å²) in [5.74, 6) is 0.963. The van der Waals surface area contributed by atoms with Crippen molar-refractivity contribution < 1.29 is 14.6 Å². The van der Waals surface area contributed by atoms with Gasteiger partial charge < -0.3 is 20.5 Å². The summed E-state index contributed by atoms with van der Waals surface area (Å²) < 4.78 is 5.54. The molecular weight excluding hydrogens is 304 g/mol. The predicted molar refractivity (Wildman–Crippen MR) is 94.4 cm³/mol. The van der Waals surface area contributed by atoms with E-state index in [1.807, 2.05) is 43.3 Å². The number of ether oxygens (including phenoxy) is 1. The lowest BCUT2D eigenvalue weighted by molar-refractivity contribution is 0.241. The van der Waals surface area contributed by atoms with E-state index in [1.165, 1.54) is 5.56 Å². The van der Waals surface area contributed by atoms with Gasteiger partial charge in [-0.15, -0.1) is 0 Å². The van der Waals surface area contributed by atoms with Crippen LogP contribution in [0.1, 0.15) is 18.9 Å². The highest BCUT2D eigenvalue weighted by Crippen LogP contribution is 2.31. The largest absolute Gasteiger partial charge is 0.493 e. The van der Waals surface area contributed by atoms with Gasteiger partial charge in [-0.2, -0.15) is 0 Å². The summed E-state index contributed by atoms with van der Waals surface area (Å²) in [5.41, 5.74) is 4.11. The van der Waals surface area contributed by atoms with Crippen LogP contribution in [0.5, 0.6) is 5.75 Å². The van der Waals surface area contributed by atoms with Crippen molar-refractivity contribution in [1.82, 2.24) is 5.32 Å². The molecular formula is C19H22N2O3. The highest BCUT2D eigenvalue weighted by Gasteiger charge is 2.13. The van der Waals surface area contributed by atoms with Gasteiger partial charge in [0, 0.05) is 24.8 Å². The molecule has 3 rings (SSSR count). The monoisotopic (exact) mass is 326 g/mol. The van der Waals surface area contributed by atoms with Crippen LogP contribution < -0.4 is 15.4 Å². The molecule has 1 heterocycles. The Morgan fingerprint density at radius 1 is 1.25 bits per heavy atom. The van der Waals surface area contributed by atoms with Crippen LogP contribution in [0.2, 0.25) is 0 Å². The van der Waals surface area contributed by atoms with E-state index >= 15 is 0 Å². The molecule has 5 nitrogen and oxygen atoms in total. The summed E-state index contributed by atoms with van der Waals surface area (Å²) in [6.07, 6.45) is 1.47. The third-order valence-electron chi connectivity index (χ3n) is 4.08. The van der Waals surface area contributed by atoms with E-state index in [-0.39, 0.29) is 18.7 Å². The van der Waals surface area contributed by atoms with Gasteiger partial charge >= 0.3 is 6.03 Å². The maximum Gasteiger partial charge on any atom is 0.319 e. The molecule has 3 N–H and O–H groups in total. The fraction of sp³-hybridized carbons (Fsp3) is 0.316. The minimum absolute atomic E-state index is 0.0545. The highest BCUT2D eigenvalue weighted by molar-refractivity contribution is 5.90. The van der Waals surface area contributed by atoms with Crippen LogP contribution >= 0.6 is 0 Å². The highest BCUT2D eigenvalue weighted by atomic mass is 16.5. The van der Waals surface area contributed by atoms with E-state index in [2.05, 4.69) is 16.7 Å². The average Bonchev–Trinajstić information content (AvgIpc) is 3.02. The number of aliphatic hydroxyl groups is 1. The van der Waals surface area contributed by atoms with Gasteiger partial charge in [-0.3, -0.25) is 0 Å². The van der Waals surface area contributed by atoms with Crippen LogP contribution in [-0.4, -0.2) is 30.4 Å². The van der Waals surface area contributed by atoms with E-state index in [0.717, 1.165) is 35.6 Å². The first-order valence-electron chi connectivity index (χ1n) is 8.20. The number of carbonyl (C=O) groups excluding carboxylic acids is 1. The fourth-order valence-corrected chi connectivity index (χ4v) is 2.80. The second kappa shape index (κ2) is 7.36. The fourth-order valence-electron chi connectivity index (χ4n) is 2.80. The van der Waals surface area contributed by atoms with Crippen LogP contribution in [0, 0.1) is 0 Å². The van der Waals surface area contributed by atoms with Crippen LogP contribution in [0.4, 0.5) is 10.5 Å². The lowest BCUT2D eigenvalue weighted by Crippen LogP contribution is -2.36. The lowest BCUT2D eigenvalue weighted by atomic mass is 10.0. The van der Waals surface area contributed by atoms with Crippen LogP contribution in [0.3, 0.4) is 0 Å². The number of anilines is 1. The Morgan fingerprint density at radius 3 is 2.92 bits per heavy atom. The number of benzene rings is 2. The van der Waals surface area contributed by atoms with Gasteiger partial charge in [-0.05, 0) is 54.3 Å². The van der Waals surface area contributed by atoms with Gasteiger partial charge in [0.1, 0.15) is 5.75 Å². The number of carbonyl (C=O) groups is 1. The summed E-state index contributed by atoms with van der Waals surface area (Å²) in [5, 5.41) is 14.5. The maximum absolute atomic E-state index is 12.0. The number of fused-ring (bicyclic) bond motifs is 1. The molecule has 0 spiro atoms. The van der Waals surface area contributed by atoms with Gasteiger partial charge in [0.05, 0.1) is 6.61 Å². The third kappa shape index (κ3) is 3.86. The van der Waals surface area contributed by atoms with Gasteiger partial charge in [0.15, 0.2) is 0 Å². The molecule has 2 amide bonds. The molecule has 2 aromatic rings. The van der Waals surface area contributed by atoms with E-state index < -0.39 is 0 Å². The topological polar surface area (TPSA) is 70.6 Å². The molecule has 0 bridgehead atoms. The molecule has 1 aliphatic rings. The van der Waals surface area contributed by atoms with E-state index in [0.29, 0.717) is 6.42 Å². The first-order chi connectivity index (χ1) is 11.7. The van der Waals surface area contributed by atoms with Crippen molar-refractivity contribution in [2.75, 3.05) is 18.5 Å². The molecule has 0 saturated carbocycles. The smallest absolute Gasteiger partial charge is 0.319 e. The third-order valence-corrected chi connectivity index (χ3v) is 4.08. The minimum atomic E-state index is -0.268. The molecule has 5 heteroatoms. The molecule has 0 aromatic heterocycles. The van der Waals surface area contributed by atoms with Crippen LogP contribution in [0.25, 0.3) is 11.1 Å². The zero-order valence-electron chi connectivity index (χ0n) is 13.7. The van der Waals surface area contributed by atoms with Crippen molar-refractivity contribution in [2.45, 2.75) is 25.8 Å². The Kier molecular flexibility index (Phi) is 5.01. The summed E-state index contributed by atoms with van der Waals surface area (Å²) >= 11 is 0. The Bertz CT molecular complexity index is 730. The zero-order valence-corrected chi connectivity index (χ0v) is 13.7. The molecule has 0 fully saturated rings. The van der Waals surface area contributed by atoms with Crippen molar-refractivity contribution in [3.05, 3.63) is 48.0 Å². The minimum Gasteiger partial charge on any atom is -0.493 e. The van der Waals surface area contributed by atoms with E-state index in [9.17, 15) is 4.79 Å². The van der Waals surface area contributed by atoms with Crippen LogP contribution in [-0.2, 0) is 6.42 Å².